The van der Waals surface area contributed by atoms with Gasteiger partial charge in [-0.15, -0.1) is 0 Å². The lowest BCUT2D eigenvalue weighted by Crippen LogP contribution is -2.34. The third kappa shape index (κ3) is 1.44. The van der Waals surface area contributed by atoms with Gasteiger partial charge in [0.05, 0.1) is 6.42 Å². The van der Waals surface area contributed by atoms with Crippen molar-refractivity contribution in [2.24, 2.45) is 0 Å². The van der Waals surface area contributed by atoms with Crippen LogP contribution in [-0.2, 0) is 11.2 Å². The van der Waals surface area contributed by atoms with Crippen molar-refractivity contribution < 1.29 is 4.79 Å². The first-order valence-electron chi connectivity index (χ1n) is 4.95. The van der Waals surface area contributed by atoms with E-state index in [1.807, 2.05) is 20.8 Å². The van der Waals surface area contributed by atoms with Gasteiger partial charge in [-0.05, 0) is 20.8 Å². The molecule has 2 N–H and O–H groups in total. The summed E-state index contributed by atoms with van der Waals surface area (Å²) < 4.78 is 0. The number of hydrogen-bond acceptors (Lipinski definition) is 4. The highest BCUT2D eigenvalue weighted by Crippen LogP contribution is 2.30. The minimum atomic E-state index is 0.0722. The number of anilines is 2. The zero-order valence-electron chi connectivity index (χ0n) is 9.11. The molecule has 0 bridgehead atoms. The van der Waals surface area contributed by atoms with E-state index in [9.17, 15) is 4.79 Å². The summed E-state index contributed by atoms with van der Waals surface area (Å²) in [4.78, 5) is 21.6. The molecule has 0 saturated heterocycles. The van der Waals surface area contributed by atoms with E-state index in [0.717, 1.165) is 11.3 Å². The largest absolute Gasteiger partial charge is 0.368 e. The van der Waals surface area contributed by atoms with Crippen LogP contribution in [0.15, 0.2) is 0 Å². The third-order valence-electron chi connectivity index (χ3n) is 2.55. The number of nitrogens with two attached hydrogens (primary N) is 1. The number of carbonyl (C=O) groups excluding carboxylic acids is 1. The summed E-state index contributed by atoms with van der Waals surface area (Å²) in [6.45, 7) is 5.77. The minimum Gasteiger partial charge on any atom is -0.368 e. The van der Waals surface area contributed by atoms with Crippen molar-refractivity contribution in [2.45, 2.75) is 33.2 Å². The van der Waals surface area contributed by atoms with Crippen LogP contribution in [0.5, 0.6) is 0 Å². The highest BCUT2D eigenvalue weighted by Gasteiger charge is 2.32. The molecule has 1 aromatic rings. The fourth-order valence-corrected chi connectivity index (χ4v) is 1.90. The molecule has 2 rings (SSSR count). The van der Waals surface area contributed by atoms with Crippen LogP contribution in [0.25, 0.3) is 0 Å². The van der Waals surface area contributed by atoms with E-state index in [1.165, 1.54) is 0 Å². The Labute approximate surface area is 88.3 Å². The second-order valence-corrected chi connectivity index (χ2v) is 4.00. The lowest BCUT2D eigenvalue weighted by atomic mass is 10.2. The van der Waals surface area contributed by atoms with Gasteiger partial charge in [-0.3, -0.25) is 9.69 Å². The molecule has 0 aromatic carbocycles. The first-order chi connectivity index (χ1) is 7.00. The first kappa shape index (κ1) is 9.89. The summed E-state index contributed by atoms with van der Waals surface area (Å²) in [7, 11) is 0. The summed E-state index contributed by atoms with van der Waals surface area (Å²) in [5, 5.41) is 0. The summed E-state index contributed by atoms with van der Waals surface area (Å²) in [6.07, 6.45) is 0.389. The molecule has 80 valence electrons. The Morgan fingerprint density at radius 1 is 1.40 bits per heavy atom. The molecule has 0 saturated carbocycles. The van der Waals surface area contributed by atoms with Crippen LogP contribution in [0.2, 0.25) is 0 Å². The third-order valence-corrected chi connectivity index (χ3v) is 2.55. The Morgan fingerprint density at radius 3 is 2.67 bits per heavy atom. The van der Waals surface area contributed by atoms with Crippen LogP contribution in [0.4, 0.5) is 11.8 Å². The molecular formula is C10H14N4O. The topological polar surface area (TPSA) is 72.1 Å². The van der Waals surface area contributed by atoms with E-state index >= 15 is 0 Å². The lowest BCUT2D eigenvalue weighted by Gasteiger charge is -2.20. The minimum absolute atomic E-state index is 0.0722. The Morgan fingerprint density at radius 2 is 2.07 bits per heavy atom. The number of hydrogen-bond donors (Lipinski definition) is 1. The fraction of sp³-hybridized carbons (Fsp3) is 0.500. The van der Waals surface area contributed by atoms with Gasteiger partial charge in [0, 0.05) is 17.3 Å². The van der Waals surface area contributed by atoms with Crippen molar-refractivity contribution in [3.8, 4) is 0 Å². The van der Waals surface area contributed by atoms with Crippen LogP contribution >= 0.6 is 0 Å². The average molecular weight is 206 g/mol. The van der Waals surface area contributed by atoms with E-state index in [4.69, 9.17) is 5.73 Å². The zero-order chi connectivity index (χ0) is 11.2. The quantitative estimate of drug-likeness (QED) is 0.732. The average Bonchev–Trinajstić information content (AvgIpc) is 2.41. The van der Waals surface area contributed by atoms with Gasteiger partial charge in [0.1, 0.15) is 5.82 Å². The van der Waals surface area contributed by atoms with E-state index in [-0.39, 0.29) is 17.9 Å². The van der Waals surface area contributed by atoms with Gasteiger partial charge in [0.2, 0.25) is 11.9 Å². The van der Waals surface area contributed by atoms with E-state index in [2.05, 4.69) is 9.97 Å². The Kier molecular flexibility index (Phi) is 2.10. The molecule has 0 spiro atoms. The molecule has 15 heavy (non-hydrogen) atoms. The number of amides is 1. The van der Waals surface area contributed by atoms with E-state index in [1.54, 1.807) is 4.90 Å². The van der Waals surface area contributed by atoms with Crippen LogP contribution < -0.4 is 10.6 Å². The molecule has 5 heteroatoms. The number of aromatic nitrogens is 2. The monoisotopic (exact) mass is 206 g/mol. The van der Waals surface area contributed by atoms with Gasteiger partial charge in [0.25, 0.3) is 0 Å². The van der Waals surface area contributed by atoms with Gasteiger partial charge in [-0.1, -0.05) is 0 Å². The number of nitrogen functional groups attached to an aromatic ring is 1. The van der Waals surface area contributed by atoms with Crippen molar-refractivity contribution in [3.63, 3.8) is 0 Å². The van der Waals surface area contributed by atoms with Crippen LogP contribution in [0, 0.1) is 6.92 Å². The van der Waals surface area contributed by atoms with Crippen molar-refractivity contribution in [1.82, 2.24) is 9.97 Å². The van der Waals surface area contributed by atoms with Crippen LogP contribution in [0.3, 0.4) is 0 Å². The van der Waals surface area contributed by atoms with Crippen LogP contribution in [-0.4, -0.2) is 21.9 Å². The van der Waals surface area contributed by atoms with Gasteiger partial charge >= 0.3 is 0 Å². The molecule has 2 heterocycles. The van der Waals surface area contributed by atoms with Crippen molar-refractivity contribution >= 4 is 17.7 Å². The lowest BCUT2D eigenvalue weighted by molar-refractivity contribution is -0.117. The highest BCUT2D eigenvalue weighted by atomic mass is 16.2. The number of aryl methyl sites for hydroxylation is 1. The Bertz CT molecular complexity index is 428. The molecule has 0 fully saturated rings. The predicted octanol–water partition coefficient (Wildman–Crippen LogP) is 0.665. The van der Waals surface area contributed by atoms with Crippen molar-refractivity contribution in [1.29, 1.82) is 0 Å². The van der Waals surface area contributed by atoms with Gasteiger partial charge in [0.15, 0.2) is 0 Å². The summed E-state index contributed by atoms with van der Waals surface area (Å²) in [5.74, 6) is 0.981. The smallest absolute Gasteiger partial charge is 0.233 e. The first-order valence-corrected chi connectivity index (χ1v) is 4.95. The molecule has 1 aliphatic heterocycles. The van der Waals surface area contributed by atoms with Gasteiger partial charge in [-0.2, -0.15) is 4.98 Å². The fourth-order valence-electron chi connectivity index (χ4n) is 1.90. The number of fused-ring (bicyclic) bond motifs is 1. The molecule has 0 unspecified atom stereocenters. The summed E-state index contributed by atoms with van der Waals surface area (Å²) in [5.41, 5.74) is 7.28. The second kappa shape index (κ2) is 3.18. The number of nitrogens with zero attached hydrogens (tertiary/aromatic N) is 3. The van der Waals surface area contributed by atoms with Crippen LogP contribution in [0.1, 0.15) is 25.1 Å². The number of carbonyl (C=O) groups is 1. The maximum absolute atomic E-state index is 11.8. The molecule has 1 amide bonds. The molecule has 0 aliphatic carbocycles. The molecule has 0 atom stereocenters. The molecule has 1 aliphatic rings. The second-order valence-electron chi connectivity index (χ2n) is 4.00. The maximum atomic E-state index is 11.8. The Hall–Kier alpha value is -1.65. The van der Waals surface area contributed by atoms with E-state index < -0.39 is 0 Å². The standard InChI is InChI=1S/C10H14N4O/c1-5(2)14-8(15)4-7-6(3)12-10(11)13-9(7)14/h5H,4H2,1-3H3,(H2,11,12,13). The number of rotatable bonds is 1. The molecular weight excluding hydrogens is 192 g/mol. The summed E-state index contributed by atoms with van der Waals surface area (Å²) >= 11 is 0. The predicted molar refractivity (Wildman–Crippen MR) is 57.5 cm³/mol. The van der Waals surface area contributed by atoms with Gasteiger partial charge in [-0.25, -0.2) is 4.98 Å². The highest BCUT2D eigenvalue weighted by molar-refractivity contribution is 6.01. The van der Waals surface area contributed by atoms with Crippen molar-refractivity contribution in [2.75, 3.05) is 10.6 Å². The van der Waals surface area contributed by atoms with Gasteiger partial charge < -0.3 is 5.73 Å². The summed E-state index contributed by atoms with van der Waals surface area (Å²) in [6, 6.07) is 0.104. The molecule has 5 nitrogen and oxygen atoms in total. The Balaban J connectivity index is 2.58. The molecule has 1 aromatic heterocycles. The molecule has 0 radical (unpaired) electrons. The maximum Gasteiger partial charge on any atom is 0.233 e. The van der Waals surface area contributed by atoms with E-state index in [0.29, 0.717) is 12.2 Å². The zero-order valence-corrected chi connectivity index (χ0v) is 9.11. The SMILES string of the molecule is Cc1nc(N)nc2c1CC(=O)N2C(C)C. The normalized spacial score (nSPS) is 14.9. The van der Waals surface area contributed by atoms with Crippen molar-refractivity contribution in [3.05, 3.63) is 11.3 Å².